The van der Waals surface area contributed by atoms with Gasteiger partial charge in [0, 0.05) is 25.0 Å². The van der Waals surface area contributed by atoms with Gasteiger partial charge in [0.1, 0.15) is 24.7 Å². The van der Waals surface area contributed by atoms with Gasteiger partial charge in [0.05, 0.1) is 0 Å². The van der Waals surface area contributed by atoms with Crippen LogP contribution in [0.2, 0.25) is 5.15 Å². The van der Waals surface area contributed by atoms with Crippen molar-refractivity contribution in [1.82, 2.24) is 19.9 Å². The summed E-state index contributed by atoms with van der Waals surface area (Å²) in [6.07, 6.45) is 3.46. The van der Waals surface area contributed by atoms with E-state index in [1.54, 1.807) is 0 Å². The monoisotopic (exact) mass is 431 g/mol. The molecule has 1 atom stereocenters. The van der Waals surface area contributed by atoms with Crippen LogP contribution in [0.4, 0.5) is 5.82 Å². The van der Waals surface area contributed by atoms with Crippen LogP contribution in [0, 0.1) is 0 Å². The maximum Gasteiger partial charge on any atom is 0.182 e. The van der Waals surface area contributed by atoms with E-state index in [0.717, 1.165) is 23.5 Å². The number of hydrogen-bond donors (Lipinski definition) is 1. The van der Waals surface area contributed by atoms with Gasteiger partial charge in [0.2, 0.25) is 0 Å². The van der Waals surface area contributed by atoms with Gasteiger partial charge in [0.25, 0.3) is 0 Å². The van der Waals surface area contributed by atoms with Crippen LogP contribution in [0.15, 0.2) is 85.3 Å². The molecule has 0 fully saturated rings. The molecule has 6 nitrogen and oxygen atoms in total. The van der Waals surface area contributed by atoms with Crippen LogP contribution in [-0.4, -0.2) is 21.1 Å². The van der Waals surface area contributed by atoms with Gasteiger partial charge in [-0.1, -0.05) is 72.3 Å². The third-order valence-electron chi connectivity index (χ3n) is 5.34. The molecular formula is C24H22ClN5O. The minimum Gasteiger partial charge on any atom is -0.313 e. The van der Waals surface area contributed by atoms with Crippen LogP contribution in [0.5, 0.6) is 0 Å². The molecule has 2 aromatic carbocycles. The van der Waals surface area contributed by atoms with E-state index in [4.69, 9.17) is 16.4 Å². The lowest BCUT2D eigenvalue weighted by molar-refractivity contribution is 0.0671. The van der Waals surface area contributed by atoms with E-state index in [0.29, 0.717) is 24.1 Å². The third kappa shape index (κ3) is 4.05. The summed E-state index contributed by atoms with van der Waals surface area (Å²) in [6.45, 7) is 1.87. The molecule has 0 radical (unpaired) electrons. The smallest absolute Gasteiger partial charge is 0.182 e. The second-order valence-corrected chi connectivity index (χ2v) is 7.71. The molecule has 3 heterocycles. The Bertz CT molecular complexity index is 1150. The average Bonchev–Trinajstić information content (AvgIpc) is 3.29. The van der Waals surface area contributed by atoms with Crippen LogP contribution in [0.3, 0.4) is 0 Å². The maximum absolute atomic E-state index is 6.47. The molecule has 0 aliphatic carbocycles. The Balaban J connectivity index is 1.44. The number of fused-ring (bicyclic) bond motifs is 3. The van der Waals surface area contributed by atoms with Crippen molar-refractivity contribution in [2.75, 3.05) is 11.6 Å². The van der Waals surface area contributed by atoms with E-state index in [-0.39, 0.29) is 6.04 Å². The van der Waals surface area contributed by atoms with Gasteiger partial charge >= 0.3 is 0 Å². The van der Waals surface area contributed by atoms with E-state index in [1.807, 2.05) is 65.9 Å². The summed E-state index contributed by atoms with van der Waals surface area (Å²) in [5.74, 6) is 0.658. The molecule has 1 aliphatic heterocycles. The molecule has 156 valence electrons. The second-order valence-electron chi connectivity index (χ2n) is 7.36. The highest BCUT2D eigenvalue weighted by atomic mass is 35.5. The molecule has 31 heavy (non-hydrogen) atoms. The number of aromatic nitrogens is 3. The number of nitrogens with zero attached hydrogens (tertiary/aromatic N) is 4. The Kier molecular flexibility index (Phi) is 5.67. The molecule has 0 spiro atoms. The lowest BCUT2D eigenvalue weighted by Crippen LogP contribution is -2.40. The molecule has 5 rings (SSSR count). The average molecular weight is 432 g/mol. The van der Waals surface area contributed by atoms with Crippen molar-refractivity contribution in [2.24, 2.45) is 0 Å². The molecule has 1 aliphatic rings. The van der Waals surface area contributed by atoms with E-state index in [2.05, 4.69) is 38.1 Å². The summed E-state index contributed by atoms with van der Waals surface area (Å²) >= 11 is 6.47. The largest absolute Gasteiger partial charge is 0.313 e. The van der Waals surface area contributed by atoms with E-state index >= 15 is 0 Å². The van der Waals surface area contributed by atoms with Gasteiger partial charge < -0.3 is 9.88 Å². The van der Waals surface area contributed by atoms with Crippen molar-refractivity contribution >= 4 is 17.4 Å². The molecule has 1 unspecified atom stereocenters. The zero-order valence-electron chi connectivity index (χ0n) is 16.9. The van der Waals surface area contributed by atoms with Crippen LogP contribution in [-0.2, 0) is 18.0 Å². The molecule has 0 saturated carbocycles. The number of nitrogens with one attached hydrogen (secondary N) is 1. The zero-order valence-corrected chi connectivity index (χ0v) is 17.6. The highest BCUT2D eigenvalue weighted by molar-refractivity contribution is 6.31. The van der Waals surface area contributed by atoms with Crippen molar-refractivity contribution in [3.63, 3.8) is 0 Å². The maximum atomic E-state index is 6.47. The third-order valence-corrected chi connectivity index (χ3v) is 5.61. The second kappa shape index (κ2) is 8.89. The van der Waals surface area contributed by atoms with E-state index < -0.39 is 0 Å². The first-order chi connectivity index (χ1) is 15.3. The summed E-state index contributed by atoms with van der Waals surface area (Å²) in [5.41, 5.74) is 4.12. The number of hydrogen-bond acceptors (Lipinski definition) is 5. The number of benzene rings is 2. The first-order valence-electron chi connectivity index (χ1n) is 10.2. The van der Waals surface area contributed by atoms with Crippen LogP contribution in [0.25, 0.3) is 5.69 Å². The molecular weight excluding hydrogens is 410 g/mol. The topological polar surface area (TPSA) is 55.2 Å². The van der Waals surface area contributed by atoms with Gasteiger partial charge in [-0.3, -0.25) is 4.84 Å². The highest BCUT2D eigenvalue weighted by Crippen LogP contribution is 2.40. The summed E-state index contributed by atoms with van der Waals surface area (Å²) in [7, 11) is 0. The molecule has 0 bridgehead atoms. The molecule has 1 N–H and O–H groups in total. The normalized spacial score (nSPS) is 14.9. The quantitative estimate of drug-likeness (QED) is 0.430. The Morgan fingerprint density at radius 2 is 1.65 bits per heavy atom. The fourth-order valence-electron chi connectivity index (χ4n) is 3.86. The molecule has 4 aromatic rings. The van der Waals surface area contributed by atoms with Crippen molar-refractivity contribution in [3.05, 3.63) is 107 Å². The predicted molar refractivity (Wildman–Crippen MR) is 121 cm³/mol. The predicted octanol–water partition coefficient (Wildman–Crippen LogP) is 4.70. The number of halogens is 1. The lowest BCUT2D eigenvalue weighted by Gasteiger charge is -2.37. The van der Waals surface area contributed by atoms with E-state index in [9.17, 15) is 0 Å². The highest BCUT2D eigenvalue weighted by Gasteiger charge is 2.34. The Labute approximate surface area is 186 Å². The lowest BCUT2D eigenvalue weighted by atomic mass is 10.1. The summed E-state index contributed by atoms with van der Waals surface area (Å²) in [4.78, 5) is 15.0. The van der Waals surface area contributed by atoms with Gasteiger partial charge in [-0.15, -0.1) is 0 Å². The van der Waals surface area contributed by atoms with E-state index in [1.165, 1.54) is 11.9 Å². The standard InChI is InChI=1S/C24H22ClN5O/c25-23-22-24(28-17-27-23)30(31-16-19-10-5-2-6-11-19)21(20-12-7-13-29(20)22)15-26-14-18-8-3-1-4-9-18/h1-13,17,21,26H,14-16H2. The van der Waals surface area contributed by atoms with Gasteiger partial charge in [0.15, 0.2) is 11.0 Å². The van der Waals surface area contributed by atoms with Gasteiger partial charge in [-0.05, 0) is 23.3 Å². The van der Waals surface area contributed by atoms with Crippen LogP contribution in [0.1, 0.15) is 22.9 Å². The number of anilines is 1. The Morgan fingerprint density at radius 1 is 0.903 bits per heavy atom. The van der Waals surface area contributed by atoms with Crippen LogP contribution >= 0.6 is 11.6 Å². The minimum absolute atomic E-state index is 0.0825. The first-order valence-corrected chi connectivity index (χ1v) is 10.6. The SMILES string of the molecule is Clc1ncnc2c1-n1cccc1C(CNCc1ccccc1)N2OCc1ccccc1. The van der Waals surface area contributed by atoms with Crippen molar-refractivity contribution in [3.8, 4) is 5.69 Å². The minimum atomic E-state index is -0.0825. The van der Waals surface area contributed by atoms with Gasteiger partial charge in [-0.25, -0.2) is 15.0 Å². The van der Waals surface area contributed by atoms with Crippen molar-refractivity contribution < 1.29 is 4.84 Å². The first kappa shape index (κ1) is 19.8. The van der Waals surface area contributed by atoms with Crippen molar-refractivity contribution in [2.45, 2.75) is 19.2 Å². The zero-order chi connectivity index (χ0) is 21.0. The van der Waals surface area contributed by atoms with Crippen molar-refractivity contribution in [1.29, 1.82) is 0 Å². The fourth-order valence-corrected chi connectivity index (χ4v) is 4.08. The summed E-state index contributed by atoms with van der Waals surface area (Å²) < 4.78 is 2.05. The molecule has 0 amide bonds. The van der Waals surface area contributed by atoms with Crippen LogP contribution < -0.4 is 10.4 Å². The van der Waals surface area contributed by atoms with Gasteiger partial charge in [-0.2, -0.15) is 0 Å². The molecule has 0 saturated heterocycles. The number of hydroxylamine groups is 1. The number of rotatable bonds is 7. The molecule has 2 aromatic heterocycles. The molecule has 7 heteroatoms. The fraction of sp³-hybridized carbons (Fsp3) is 0.167. The Hall–Kier alpha value is -3.19. The summed E-state index contributed by atoms with van der Waals surface area (Å²) in [5, 5.41) is 5.82. The Morgan fingerprint density at radius 3 is 2.42 bits per heavy atom. The summed E-state index contributed by atoms with van der Waals surface area (Å²) in [6, 6.07) is 24.5.